The molecule has 0 aliphatic heterocycles. The molecule has 338 valence electrons. The highest BCUT2D eigenvalue weighted by Gasteiger charge is 2.15. The third-order valence-corrected chi connectivity index (χ3v) is 12.1. The summed E-state index contributed by atoms with van der Waals surface area (Å²) < 4.78 is 18.9. The molecule has 6 rings (SSSR count). The van der Waals surface area contributed by atoms with E-state index in [2.05, 4.69) is 209 Å². The van der Waals surface area contributed by atoms with Gasteiger partial charge in [0, 0.05) is 28.2 Å². The molecule has 0 saturated carbocycles. The molecule has 2 atom stereocenters. The number of anilines is 3. The number of methoxy groups -OCH3 is 1. The number of nitrogens with zero attached hydrogens (tertiary/aromatic N) is 1. The van der Waals surface area contributed by atoms with Crippen LogP contribution in [0.1, 0.15) is 119 Å². The monoisotopic (exact) mass is 866 g/mol. The molecule has 0 bridgehead atoms. The van der Waals surface area contributed by atoms with E-state index in [0.717, 1.165) is 87.5 Å². The molecule has 6 aromatic carbocycles. The molecule has 2 unspecified atom stereocenters. The first kappa shape index (κ1) is 48.2. The van der Waals surface area contributed by atoms with Gasteiger partial charge in [0.1, 0.15) is 17.2 Å². The van der Waals surface area contributed by atoms with Gasteiger partial charge < -0.3 is 19.1 Å². The first-order chi connectivity index (χ1) is 31.8. The molecule has 0 amide bonds. The molecular weight excluding hydrogens is 795 g/mol. The molecule has 6 aromatic rings. The SMILES string of the molecule is CCCCC(CC)COc1ccc(N(c2ccc(C=Cc3ccccc3)cc2)c2ccc(C=Cc3cc(OCCC(C)CCCC(C)C)c(C=Cc4ccccc4)cc3OC)cc2)cc1. The van der Waals surface area contributed by atoms with Gasteiger partial charge in [-0.15, -0.1) is 0 Å². The van der Waals surface area contributed by atoms with E-state index in [4.69, 9.17) is 14.2 Å². The Morgan fingerprint density at radius 2 is 0.985 bits per heavy atom. The van der Waals surface area contributed by atoms with Gasteiger partial charge in [-0.2, -0.15) is 0 Å². The van der Waals surface area contributed by atoms with Crippen molar-refractivity contribution < 1.29 is 14.2 Å². The lowest BCUT2D eigenvalue weighted by Crippen LogP contribution is -2.12. The van der Waals surface area contributed by atoms with Gasteiger partial charge in [-0.1, -0.05) is 195 Å². The van der Waals surface area contributed by atoms with Gasteiger partial charge in [0.2, 0.25) is 0 Å². The smallest absolute Gasteiger partial charge is 0.127 e. The van der Waals surface area contributed by atoms with E-state index < -0.39 is 0 Å². The highest BCUT2D eigenvalue weighted by atomic mass is 16.5. The summed E-state index contributed by atoms with van der Waals surface area (Å²) in [7, 11) is 1.74. The Kier molecular flexibility index (Phi) is 19.2. The fraction of sp³-hybridized carbons (Fsp3) is 0.311. The summed E-state index contributed by atoms with van der Waals surface area (Å²) in [5, 5.41) is 0. The maximum atomic E-state index is 6.58. The van der Waals surface area contributed by atoms with Crippen LogP contribution in [-0.4, -0.2) is 20.3 Å². The molecule has 0 aliphatic rings. The summed E-state index contributed by atoms with van der Waals surface area (Å²) in [6, 6.07) is 51.0. The Bertz CT molecular complexity index is 2360. The Balaban J connectivity index is 1.24. The Morgan fingerprint density at radius 3 is 1.49 bits per heavy atom. The molecule has 0 aromatic heterocycles. The van der Waals surface area contributed by atoms with Gasteiger partial charge in [0.15, 0.2) is 0 Å². The number of benzene rings is 6. The largest absolute Gasteiger partial charge is 0.496 e. The lowest BCUT2D eigenvalue weighted by Gasteiger charge is -2.26. The Labute approximate surface area is 391 Å². The summed E-state index contributed by atoms with van der Waals surface area (Å²) in [4.78, 5) is 2.30. The normalized spacial score (nSPS) is 12.6. The fourth-order valence-corrected chi connectivity index (χ4v) is 7.96. The van der Waals surface area contributed by atoms with Crippen molar-refractivity contribution in [3.8, 4) is 17.2 Å². The van der Waals surface area contributed by atoms with E-state index in [9.17, 15) is 0 Å². The minimum atomic E-state index is 0.578. The van der Waals surface area contributed by atoms with E-state index in [1.807, 2.05) is 12.1 Å². The van der Waals surface area contributed by atoms with Gasteiger partial charge in [0.05, 0.1) is 20.3 Å². The summed E-state index contributed by atoms with van der Waals surface area (Å²) in [6.07, 6.45) is 22.5. The summed E-state index contributed by atoms with van der Waals surface area (Å²) in [5.74, 6) is 4.50. The van der Waals surface area contributed by atoms with Crippen LogP contribution in [0, 0.1) is 17.8 Å². The van der Waals surface area contributed by atoms with Crippen LogP contribution < -0.4 is 19.1 Å². The second kappa shape index (κ2) is 25.9. The van der Waals surface area contributed by atoms with Crippen LogP contribution in [-0.2, 0) is 0 Å². The van der Waals surface area contributed by atoms with Crippen LogP contribution >= 0.6 is 0 Å². The molecule has 0 saturated heterocycles. The van der Waals surface area contributed by atoms with Crippen molar-refractivity contribution in [3.05, 3.63) is 179 Å². The van der Waals surface area contributed by atoms with Crippen molar-refractivity contribution in [3.63, 3.8) is 0 Å². The van der Waals surface area contributed by atoms with E-state index in [1.165, 1.54) is 44.1 Å². The fourth-order valence-electron chi connectivity index (χ4n) is 7.96. The highest BCUT2D eigenvalue weighted by molar-refractivity contribution is 5.81. The second-order valence-electron chi connectivity index (χ2n) is 17.8. The zero-order valence-corrected chi connectivity index (χ0v) is 39.8. The van der Waals surface area contributed by atoms with Crippen molar-refractivity contribution in [2.45, 2.75) is 86.0 Å². The molecule has 0 aliphatic carbocycles. The molecule has 0 fully saturated rings. The lowest BCUT2D eigenvalue weighted by molar-refractivity contribution is 0.233. The predicted octanol–water partition coefficient (Wildman–Crippen LogP) is 17.5. The Morgan fingerprint density at radius 1 is 0.492 bits per heavy atom. The number of hydrogen-bond donors (Lipinski definition) is 0. The van der Waals surface area contributed by atoms with Crippen LogP contribution in [0.25, 0.3) is 36.5 Å². The van der Waals surface area contributed by atoms with Gasteiger partial charge in [-0.25, -0.2) is 0 Å². The Hall–Kier alpha value is -6.26. The summed E-state index contributed by atoms with van der Waals surface area (Å²) in [6.45, 7) is 12.9. The average Bonchev–Trinajstić information content (AvgIpc) is 3.34. The minimum Gasteiger partial charge on any atom is -0.496 e. The van der Waals surface area contributed by atoms with Gasteiger partial charge in [-0.3, -0.25) is 0 Å². The molecule has 0 N–H and O–H groups in total. The first-order valence-electron chi connectivity index (χ1n) is 24.0. The predicted molar refractivity (Wildman–Crippen MR) is 281 cm³/mol. The molecule has 0 spiro atoms. The van der Waals surface area contributed by atoms with Crippen molar-refractivity contribution in [1.29, 1.82) is 0 Å². The molecule has 4 heteroatoms. The minimum absolute atomic E-state index is 0.578. The third kappa shape index (κ3) is 15.5. The van der Waals surface area contributed by atoms with Gasteiger partial charge in [0.25, 0.3) is 0 Å². The molecule has 0 radical (unpaired) electrons. The molecule has 65 heavy (non-hydrogen) atoms. The van der Waals surface area contributed by atoms with Crippen LogP contribution in [0.4, 0.5) is 17.1 Å². The van der Waals surface area contributed by atoms with E-state index in [1.54, 1.807) is 7.11 Å². The van der Waals surface area contributed by atoms with Crippen LogP contribution in [0.15, 0.2) is 146 Å². The van der Waals surface area contributed by atoms with Crippen molar-refractivity contribution in [2.75, 3.05) is 25.2 Å². The third-order valence-electron chi connectivity index (χ3n) is 12.1. The zero-order chi connectivity index (χ0) is 45.6. The van der Waals surface area contributed by atoms with Crippen LogP contribution in [0.3, 0.4) is 0 Å². The summed E-state index contributed by atoms with van der Waals surface area (Å²) >= 11 is 0. The average molecular weight is 866 g/mol. The molecule has 0 heterocycles. The zero-order valence-electron chi connectivity index (χ0n) is 39.8. The van der Waals surface area contributed by atoms with E-state index in [0.29, 0.717) is 18.4 Å². The number of rotatable bonds is 25. The topological polar surface area (TPSA) is 30.9 Å². The van der Waals surface area contributed by atoms with Crippen molar-refractivity contribution >= 4 is 53.5 Å². The second-order valence-corrected chi connectivity index (χ2v) is 17.8. The summed E-state index contributed by atoms with van der Waals surface area (Å²) in [5.41, 5.74) is 9.72. The maximum absolute atomic E-state index is 6.58. The first-order valence-corrected chi connectivity index (χ1v) is 24.0. The quantitative estimate of drug-likeness (QED) is 0.0537. The number of ether oxygens (including phenoxy) is 3. The standard InChI is InChI=1S/C61H71NO3/c1-7-9-19-49(8-2)46-65-59-40-38-58(39-41-59)62(56-34-28-52(29-35-56)25-24-50-20-12-10-13-21-50)57-36-30-53(31-37-57)27-32-54-45-61(64-43-42-48(5)18-16-17-47(3)4)55(44-60(54)63-6)33-26-51-22-14-11-15-23-51/h10-15,20-41,44-45,47-49H,7-9,16-19,42-43,46H2,1-6H3. The molecule has 4 nitrogen and oxygen atoms in total. The van der Waals surface area contributed by atoms with E-state index in [-0.39, 0.29) is 0 Å². The van der Waals surface area contributed by atoms with Crippen molar-refractivity contribution in [1.82, 2.24) is 0 Å². The maximum Gasteiger partial charge on any atom is 0.127 e. The van der Waals surface area contributed by atoms with Gasteiger partial charge >= 0.3 is 0 Å². The van der Waals surface area contributed by atoms with E-state index >= 15 is 0 Å². The highest BCUT2D eigenvalue weighted by Crippen LogP contribution is 2.37. The lowest BCUT2D eigenvalue weighted by atomic mass is 9.97. The van der Waals surface area contributed by atoms with Gasteiger partial charge in [-0.05, 0) is 114 Å². The van der Waals surface area contributed by atoms with Crippen molar-refractivity contribution in [2.24, 2.45) is 17.8 Å². The number of hydrogen-bond acceptors (Lipinski definition) is 4. The molecular formula is C61H71NO3. The van der Waals surface area contributed by atoms with Crippen LogP contribution in [0.2, 0.25) is 0 Å². The number of unbranched alkanes of at least 4 members (excludes halogenated alkanes) is 1. The van der Waals surface area contributed by atoms with Crippen LogP contribution in [0.5, 0.6) is 17.2 Å².